The summed E-state index contributed by atoms with van der Waals surface area (Å²) in [5, 5.41) is 3.25. The van der Waals surface area contributed by atoms with Crippen LogP contribution in [0.15, 0.2) is 23.1 Å². The van der Waals surface area contributed by atoms with Crippen LogP contribution in [-0.4, -0.2) is 26.1 Å². The average molecular weight is 241 g/mol. The van der Waals surface area contributed by atoms with E-state index < -0.39 is 0 Å². The van der Waals surface area contributed by atoms with E-state index in [2.05, 4.69) is 19.2 Å². The molecule has 0 bridgehead atoms. The summed E-state index contributed by atoms with van der Waals surface area (Å²) in [5.74, 6) is 1.65. The third kappa shape index (κ3) is 3.32. The number of ether oxygens (including phenoxy) is 2. The highest BCUT2D eigenvalue weighted by Gasteiger charge is 2.19. The van der Waals surface area contributed by atoms with Gasteiger partial charge >= 0.3 is 0 Å². The van der Waals surface area contributed by atoms with Crippen molar-refractivity contribution in [3.05, 3.63) is 18.2 Å². The molecule has 16 heavy (non-hydrogen) atoms. The van der Waals surface area contributed by atoms with Crippen LogP contribution >= 0.6 is 11.8 Å². The van der Waals surface area contributed by atoms with Crippen LogP contribution in [-0.2, 0) is 0 Å². The molecule has 1 N–H and O–H groups in total. The highest BCUT2D eigenvalue weighted by molar-refractivity contribution is 8.00. The predicted molar refractivity (Wildman–Crippen MR) is 68.5 cm³/mol. The Morgan fingerprint density at radius 3 is 2.38 bits per heavy atom. The SMILES string of the molecule is CNC(C)(C)Sc1ccc(OC)cc1OC. The van der Waals surface area contributed by atoms with E-state index >= 15 is 0 Å². The predicted octanol–water partition coefficient (Wildman–Crippen LogP) is 2.75. The van der Waals surface area contributed by atoms with Crippen molar-refractivity contribution in [3.63, 3.8) is 0 Å². The van der Waals surface area contributed by atoms with Crippen molar-refractivity contribution in [2.24, 2.45) is 0 Å². The summed E-state index contributed by atoms with van der Waals surface area (Å²) >= 11 is 1.72. The van der Waals surface area contributed by atoms with Gasteiger partial charge in [0, 0.05) is 6.07 Å². The zero-order valence-electron chi connectivity index (χ0n) is 10.5. The molecular formula is C12H19NO2S. The van der Waals surface area contributed by atoms with Gasteiger partial charge in [0.15, 0.2) is 0 Å². The van der Waals surface area contributed by atoms with Crippen molar-refractivity contribution in [2.45, 2.75) is 23.6 Å². The van der Waals surface area contributed by atoms with Crippen molar-refractivity contribution in [3.8, 4) is 11.5 Å². The van der Waals surface area contributed by atoms with E-state index in [9.17, 15) is 0 Å². The fourth-order valence-corrected chi connectivity index (χ4v) is 2.22. The van der Waals surface area contributed by atoms with Crippen LogP contribution in [0.2, 0.25) is 0 Å². The summed E-state index contributed by atoms with van der Waals surface area (Å²) in [4.78, 5) is 1.07. The lowest BCUT2D eigenvalue weighted by Crippen LogP contribution is -2.31. The molecule has 0 aliphatic heterocycles. The molecule has 0 fully saturated rings. The minimum atomic E-state index is -0.0259. The number of benzene rings is 1. The first-order chi connectivity index (χ1) is 7.52. The number of methoxy groups -OCH3 is 2. The zero-order valence-corrected chi connectivity index (χ0v) is 11.3. The molecule has 0 atom stereocenters. The summed E-state index contributed by atoms with van der Waals surface area (Å²) in [6, 6.07) is 5.85. The minimum absolute atomic E-state index is 0.0259. The van der Waals surface area contributed by atoms with Crippen LogP contribution in [0.1, 0.15) is 13.8 Å². The standard InChI is InChI=1S/C12H19NO2S/c1-12(2,13-3)16-11-7-6-9(14-4)8-10(11)15-5/h6-8,13H,1-5H3. The highest BCUT2D eigenvalue weighted by Crippen LogP contribution is 2.38. The lowest BCUT2D eigenvalue weighted by atomic mass is 10.3. The molecule has 0 radical (unpaired) electrons. The van der Waals surface area contributed by atoms with E-state index in [4.69, 9.17) is 9.47 Å². The normalized spacial score (nSPS) is 11.3. The van der Waals surface area contributed by atoms with Crippen LogP contribution in [0.5, 0.6) is 11.5 Å². The van der Waals surface area contributed by atoms with Gasteiger partial charge in [-0.15, -0.1) is 11.8 Å². The van der Waals surface area contributed by atoms with Crippen molar-refractivity contribution < 1.29 is 9.47 Å². The minimum Gasteiger partial charge on any atom is -0.497 e. The topological polar surface area (TPSA) is 30.5 Å². The number of thioether (sulfide) groups is 1. The maximum Gasteiger partial charge on any atom is 0.136 e. The number of hydrogen-bond acceptors (Lipinski definition) is 4. The van der Waals surface area contributed by atoms with Gasteiger partial charge in [-0.05, 0) is 33.0 Å². The second kappa shape index (κ2) is 5.46. The van der Waals surface area contributed by atoms with Crippen molar-refractivity contribution >= 4 is 11.8 Å². The van der Waals surface area contributed by atoms with Gasteiger partial charge in [-0.3, -0.25) is 0 Å². The maximum absolute atomic E-state index is 5.35. The van der Waals surface area contributed by atoms with Gasteiger partial charge in [-0.1, -0.05) is 0 Å². The first kappa shape index (κ1) is 13.2. The van der Waals surface area contributed by atoms with Gasteiger partial charge in [-0.2, -0.15) is 0 Å². The first-order valence-electron chi connectivity index (χ1n) is 5.12. The van der Waals surface area contributed by atoms with E-state index in [1.54, 1.807) is 26.0 Å². The van der Waals surface area contributed by atoms with Gasteiger partial charge < -0.3 is 14.8 Å². The Kier molecular flexibility index (Phi) is 4.50. The third-order valence-corrected chi connectivity index (χ3v) is 3.61. The summed E-state index contributed by atoms with van der Waals surface area (Å²) in [7, 11) is 5.27. The largest absolute Gasteiger partial charge is 0.497 e. The average Bonchev–Trinajstić information content (AvgIpc) is 2.29. The maximum atomic E-state index is 5.35. The second-order valence-corrected chi connectivity index (χ2v) is 5.54. The molecule has 3 nitrogen and oxygen atoms in total. The number of hydrogen-bond donors (Lipinski definition) is 1. The van der Waals surface area contributed by atoms with E-state index in [1.807, 2.05) is 25.2 Å². The Bertz CT molecular complexity index is 353. The molecule has 0 saturated heterocycles. The Labute approximate surface area is 102 Å². The monoisotopic (exact) mass is 241 g/mol. The van der Waals surface area contributed by atoms with Crippen LogP contribution in [0, 0.1) is 0 Å². The Hall–Kier alpha value is -0.870. The molecular weight excluding hydrogens is 222 g/mol. The van der Waals surface area contributed by atoms with E-state index in [0.29, 0.717) is 0 Å². The van der Waals surface area contributed by atoms with Gasteiger partial charge in [-0.25, -0.2) is 0 Å². The molecule has 0 unspecified atom stereocenters. The lowest BCUT2D eigenvalue weighted by molar-refractivity contribution is 0.387. The lowest BCUT2D eigenvalue weighted by Gasteiger charge is -2.24. The number of nitrogens with one attached hydrogen (secondary N) is 1. The molecule has 1 aromatic carbocycles. The van der Waals surface area contributed by atoms with Gasteiger partial charge in [0.1, 0.15) is 11.5 Å². The zero-order chi connectivity index (χ0) is 12.2. The Morgan fingerprint density at radius 1 is 1.19 bits per heavy atom. The second-order valence-electron chi connectivity index (χ2n) is 3.88. The molecule has 1 rings (SSSR count). The fourth-order valence-electron chi connectivity index (χ4n) is 1.19. The van der Waals surface area contributed by atoms with E-state index in [0.717, 1.165) is 16.4 Å². The van der Waals surface area contributed by atoms with Crippen molar-refractivity contribution in [2.75, 3.05) is 21.3 Å². The van der Waals surface area contributed by atoms with Crippen LogP contribution in [0.25, 0.3) is 0 Å². The highest BCUT2D eigenvalue weighted by atomic mass is 32.2. The van der Waals surface area contributed by atoms with Crippen LogP contribution in [0.3, 0.4) is 0 Å². The Morgan fingerprint density at radius 2 is 1.88 bits per heavy atom. The number of rotatable bonds is 5. The molecule has 0 aliphatic rings. The van der Waals surface area contributed by atoms with Crippen molar-refractivity contribution in [1.29, 1.82) is 0 Å². The summed E-state index contributed by atoms with van der Waals surface area (Å²) in [6.45, 7) is 4.25. The molecule has 0 aromatic heterocycles. The van der Waals surface area contributed by atoms with Crippen LogP contribution < -0.4 is 14.8 Å². The van der Waals surface area contributed by atoms with E-state index in [-0.39, 0.29) is 4.87 Å². The molecule has 0 amide bonds. The molecule has 0 heterocycles. The molecule has 0 saturated carbocycles. The smallest absolute Gasteiger partial charge is 0.136 e. The summed E-state index contributed by atoms with van der Waals surface area (Å²) < 4.78 is 10.5. The van der Waals surface area contributed by atoms with Gasteiger partial charge in [0.2, 0.25) is 0 Å². The quantitative estimate of drug-likeness (QED) is 0.634. The Balaban J connectivity index is 2.96. The van der Waals surface area contributed by atoms with Gasteiger partial charge in [0.25, 0.3) is 0 Å². The first-order valence-corrected chi connectivity index (χ1v) is 5.94. The molecule has 0 spiro atoms. The molecule has 0 aliphatic carbocycles. The molecule has 90 valence electrons. The summed E-state index contributed by atoms with van der Waals surface area (Å²) in [6.07, 6.45) is 0. The van der Waals surface area contributed by atoms with E-state index in [1.165, 1.54) is 0 Å². The van der Waals surface area contributed by atoms with Gasteiger partial charge in [0.05, 0.1) is 24.0 Å². The summed E-state index contributed by atoms with van der Waals surface area (Å²) in [5.41, 5.74) is 0. The molecule has 1 aromatic rings. The molecule has 4 heteroatoms. The fraction of sp³-hybridized carbons (Fsp3) is 0.500. The third-order valence-electron chi connectivity index (χ3n) is 2.34. The van der Waals surface area contributed by atoms with Crippen LogP contribution in [0.4, 0.5) is 0 Å². The van der Waals surface area contributed by atoms with Crippen molar-refractivity contribution in [1.82, 2.24) is 5.32 Å².